The van der Waals surface area contributed by atoms with Crippen LogP contribution < -0.4 is 10.6 Å². The van der Waals surface area contributed by atoms with Gasteiger partial charge in [-0.15, -0.1) is 11.3 Å². The van der Waals surface area contributed by atoms with Crippen molar-refractivity contribution in [2.75, 3.05) is 26.2 Å². The zero-order chi connectivity index (χ0) is 20.1. The highest BCUT2D eigenvalue weighted by atomic mass is 32.1. The molecule has 154 valence electrons. The van der Waals surface area contributed by atoms with E-state index in [1.807, 2.05) is 23.1 Å². The van der Waals surface area contributed by atoms with Crippen molar-refractivity contribution in [2.24, 2.45) is 12.0 Å². The first-order valence-corrected chi connectivity index (χ1v) is 11.2. The summed E-state index contributed by atoms with van der Waals surface area (Å²) in [5.41, 5.74) is 5.19. The molecule has 1 atom stereocenters. The van der Waals surface area contributed by atoms with Crippen molar-refractivity contribution in [3.63, 3.8) is 0 Å². The quantitative estimate of drug-likeness (QED) is 0.552. The van der Waals surface area contributed by atoms with Crippen LogP contribution in [0.3, 0.4) is 0 Å². The molecule has 2 N–H and O–H groups in total. The SMILES string of the molecule is CCNC(=NCCN1CCc2sccc2C1)NC(C)Cc1c(C)nn(C)c1C. The number of nitrogens with zero attached hydrogens (tertiary/aromatic N) is 4. The Morgan fingerprint density at radius 3 is 2.93 bits per heavy atom. The summed E-state index contributed by atoms with van der Waals surface area (Å²) in [6.45, 7) is 13.4. The number of hydrogen-bond donors (Lipinski definition) is 2. The van der Waals surface area contributed by atoms with Crippen LogP contribution in [0.5, 0.6) is 0 Å². The summed E-state index contributed by atoms with van der Waals surface area (Å²) in [5, 5.41) is 13.7. The lowest BCUT2D eigenvalue weighted by Gasteiger charge is -2.26. The molecule has 1 aliphatic heterocycles. The van der Waals surface area contributed by atoms with E-state index in [0.717, 1.165) is 50.8 Å². The van der Waals surface area contributed by atoms with Crippen molar-refractivity contribution in [1.82, 2.24) is 25.3 Å². The fourth-order valence-electron chi connectivity index (χ4n) is 3.82. The van der Waals surface area contributed by atoms with E-state index in [2.05, 4.69) is 59.8 Å². The van der Waals surface area contributed by atoms with Crippen LogP contribution >= 0.6 is 11.3 Å². The summed E-state index contributed by atoms with van der Waals surface area (Å²) in [5.74, 6) is 0.905. The van der Waals surface area contributed by atoms with Crippen molar-refractivity contribution in [2.45, 2.75) is 53.1 Å². The second-order valence-corrected chi connectivity index (χ2v) is 8.68. The van der Waals surface area contributed by atoms with Crippen LogP contribution in [-0.2, 0) is 26.4 Å². The number of nitrogens with one attached hydrogen (secondary N) is 2. The smallest absolute Gasteiger partial charge is 0.191 e. The molecule has 0 saturated carbocycles. The number of aromatic nitrogens is 2. The number of fused-ring (bicyclic) bond motifs is 1. The van der Waals surface area contributed by atoms with Crippen LogP contribution in [0.2, 0.25) is 0 Å². The maximum atomic E-state index is 4.82. The summed E-state index contributed by atoms with van der Waals surface area (Å²) in [6, 6.07) is 2.56. The van der Waals surface area contributed by atoms with E-state index in [1.54, 1.807) is 4.88 Å². The Morgan fingerprint density at radius 1 is 1.39 bits per heavy atom. The molecular weight excluding hydrogens is 368 g/mol. The first-order chi connectivity index (χ1) is 13.5. The molecular formula is C21H34N6S. The van der Waals surface area contributed by atoms with Crippen LogP contribution in [0.15, 0.2) is 16.4 Å². The highest BCUT2D eigenvalue weighted by molar-refractivity contribution is 7.10. The molecule has 0 bridgehead atoms. The van der Waals surface area contributed by atoms with Crippen LogP contribution in [0.25, 0.3) is 0 Å². The van der Waals surface area contributed by atoms with Gasteiger partial charge in [-0.1, -0.05) is 0 Å². The third kappa shape index (κ3) is 5.14. The topological polar surface area (TPSA) is 57.5 Å². The maximum absolute atomic E-state index is 4.82. The Hall–Kier alpha value is -1.86. The van der Waals surface area contributed by atoms with Gasteiger partial charge < -0.3 is 10.6 Å². The van der Waals surface area contributed by atoms with Crippen molar-refractivity contribution < 1.29 is 0 Å². The van der Waals surface area contributed by atoms with Crippen molar-refractivity contribution in [3.05, 3.63) is 38.8 Å². The number of aryl methyl sites for hydroxylation is 2. The minimum Gasteiger partial charge on any atom is -0.357 e. The first-order valence-electron chi connectivity index (χ1n) is 10.3. The molecule has 28 heavy (non-hydrogen) atoms. The molecule has 1 aliphatic rings. The average molecular weight is 403 g/mol. The Labute approximate surface area is 173 Å². The molecule has 2 aromatic heterocycles. The fraction of sp³-hybridized carbons (Fsp3) is 0.619. The second-order valence-electron chi connectivity index (χ2n) is 7.68. The van der Waals surface area contributed by atoms with Crippen molar-refractivity contribution in [1.29, 1.82) is 0 Å². The zero-order valence-electron chi connectivity index (χ0n) is 17.9. The molecule has 0 fully saturated rings. The lowest BCUT2D eigenvalue weighted by molar-refractivity contribution is 0.263. The van der Waals surface area contributed by atoms with E-state index in [1.165, 1.54) is 23.2 Å². The monoisotopic (exact) mass is 402 g/mol. The molecule has 0 saturated heterocycles. The van der Waals surface area contributed by atoms with E-state index in [4.69, 9.17) is 4.99 Å². The van der Waals surface area contributed by atoms with Gasteiger partial charge in [-0.2, -0.15) is 5.10 Å². The highest BCUT2D eigenvalue weighted by Gasteiger charge is 2.17. The first kappa shape index (κ1) is 20.9. The molecule has 3 heterocycles. The van der Waals surface area contributed by atoms with E-state index in [9.17, 15) is 0 Å². The number of hydrogen-bond acceptors (Lipinski definition) is 4. The van der Waals surface area contributed by atoms with E-state index >= 15 is 0 Å². The molecule has 0 spiro atoms. The molecule has 0 amide bonds. The normalized spacial score (nSPS) is 16.1. The molecule has 2 aromatic rings. The van der Waals surface area contributed by atoms with Gasteiger partial charge in [-0.3, -0.25) is 14.6 Å². The summed E-state index contributed by atoms with van der Waals surface area (Å²) in [7, 11) is 2.01. The largest absolute Gasteiger partial charge is 0.357 e. The van der Waals surface area contributed by atoms with Gasteiger partial charge in [0, 0.05) is 49.8 Å². The number of rotatable bonds is 7. The lowest BCUT2D eigenvalue weighted by Crippen LogP contribution is -2.43. The Kier molecular flexibility index (Phi) is 7.13. The number of thiophene rings is 1. The van der Waals surface area contributed by atoms with E-state index < -0.39 is 0 Å². The van der Waals surface area contributed by atoms with Gasteiger partial charge in [0.25, 0.3) is 0 Å². The average Bonchev–Trinajstić information content (AvgIpc) is 3.21. The molecule has 0 radical (unpaired) electrons. The minimum atomic E-state index is 0.294. The third-order valence-electron chi connectivity index (χ3n) is 5.47. The van der Waals surface area contributed by atoms with Crippen molar-refractivity contribution >= 4 is 17.3 Å². The van der Waals surface area contributed by atoms with E-state index in [-0.39, 0.29) is 0 Å². The van der Waals surface area contributed by atoms with E-state index in [0.29, 0.717) is 6.04 Å². The molecule has 3 rings (SSSR count). The lowest BCUT2D eigenvalue weighted by atomic mass is 10.1. The molecule has 1 unspecified atom stereocenters. The van der Waals surface area contributed by atoms with Gasteiger partial charge >= 0.3 is 0 Å². The van der Waals surface area contributed by atoms with Gasteiger partial charge in [0.05, 0.1) is 12.2 Å². The standard InChI is InChI=1S/C21H34N6S/c1-6-22-21(24-15(2)13-19-16(3)25-26(5)17(19)4)23-9-11-27-10-7-20-18(14-27)8-12-28-20/h8,12,15H,6-7,9-11,13-14H2,1-5H3,(H2,22,23,24). The Bertz CT molecular complexity index is 806. The van der Waals surface area contributed by atoms with Gasteiger partial charge in [-0.05, 0) is 63.1 Å². The number of guanidine groups is 1. The Balaban J connectivity index is 1.52. The predicted octanol–water partition coefficient (Wildman–Crippen LogP) is 2.64. The van der Waals surface area contributed by atoms with Gasteiger partial charge in [-0.25, -0.2) is 0 Å². The fourth-order valence-corrected chi connectivity index (χ4v) is 4.71. The van der Waals surface area contributed by atoms with Crippen molar-refractivity contribution in [3.8, 4) is 0 Å². The highest BCUT2D eigenvalue weighted by Crippen LogP contribution is 2.23. The summed E-state index contributed by atoms with van der Waals surface area (Å²) in [6.07, 6.45) is 2.12. The molecule has 0 aromatic carbocycles. The summed E-state index contributed by atoms with van der Waals surface area (Å²) >= 11 is 1.89. The van der Waals surface area contributed by atoms with Gasteiger partial charge in [0.15, 0.2) is 5.96 Å². The summed E-state index contributed by atoms with van der Waals surface area (Å²) < 4.78 is 1.97. The second kappa shape index (κ2) is 9.56. The molecule has 0 aliphatic carbocycles. The third-order valence-corrected chi connectivity index (χ3v) is 6.49. The van der Waals surface area contributed by atoms with Crippen LogP contribution in [0.1, 0.15) is 41.2 Å². The van der Waals surface area contributed by atoms with Crippen LogP contribution in [-0.4, -0.2) is 52.9 Å². The van der Waals surface area contributed by atoms with Gasteiger partial charge in [0.2, 0.25) is 0 Å². The Morgan fingerprint density at radius 2 is 2.21 bits per heavy atom. The molecule has 6 nitrogen and oxygen atoms in total. The summed E-state index contributed by atoms with van der Waals surface area (Å²) in [4.78, 5) is 8.89. The van der Waals surface area contributed by atoms with Gasteiger partial charge in [0.1, 0.15) is 0 Å². The van der Waals surface area contributed by atoms with Crippen LogP contribution in [0, 0.1) is 13.8 Å². The number of aliphatic imine (C=N–C) groups is 1. The minimum absolute atomic E-state index is 0.294. The zero-order valence-corrected chi connectivity index (χ0v) is 18.7. The predicted molar refractivity (Wildman–Crippen MR) is 118 cm³/mol. The maximum Gasteiger partial charge on any atom is 0.191 e. The molecule has 7 heteroatoms. The van der Waals surface area contributed by atoms with Crippen LogP contribution in [0.4, 0.5) is 0 Å².